The zero-order valence-electron chi connectivity index (χ0n) is 9.10. The number of carbonyl (C=O) groups excluding carboxylic acids is 1. The quantitative estimate of drug-likeness (QED) is 0.801. The zero-order chi connectivity index (χ0) is 12.3. The molecule has 0 spiro atoms. The van der Waals surface area contributed by atoms with E-state index in [1.165, 1.54) is 19.1 Å². The van der Waals surface area contributed by atoms with Crippen LogP contribution >= 0.6 is 0 Å². The van der Waals surface area contributed by atoms with Crippen molar-refractivity contribution in [1.29, 1.82) is 0 Å². The average molecular weight is 242 g/mol. The van der Waals surface area contributed by atoms with Gasteiger partial charge >= 0.3 is 0 Å². The Bertz CT molecular complexity index is 495. The Balaban J connectivity index is 3.11. The number of hydrogen-bond donors (Lipinski definition) is 2. The van der Waals surface area contributed by atoms with Crippen molar-refractivity contribution in [2.45, 2.75) is 17.9 Å². The standard InChI is InChI=1S/C10H14N2O3S/c1-7(11)10(13)12-8-5-3-4-6-9(8)16(2,14)15/h3-7H,11H2,1-2H3,(H,12,13). The Kier molecular flexibility index (Phi) is 3.66. The number of nitrogens with one attached hydrogen (secondary N) is 1. The molecule has 88 valence electrons. The maximum absolute atomic E-state index is 11.4. The Morgan fingerprint density at radius 1 is 1.38 bits per heavy atom. The summed E-state index contributed by atoms with van der Waals surface area (Å²) in [7, 11) is -3.36. The summed E-state index contributed by atoms with van der Waals surface area (Å²) >= 11 is 0. The lowest BCUT2D eigenvalue weighted by molar-refractivity contribution is -0.117. The van der Waals surface area contributed by atoms with Gasteiger partial charge in [-0.15, -0.1) is 0 Å². The van der Waals surface area contributed by atoms with E-state index in [4.69, 9.17) is 5.73 Å². The molecule has 0 aliphatic rings. The number of nitrogens with two attached hydrogens (primary N) is 1. The van der Waals surface area contributed by atoms with E-state index in [1.54, 1.807) is 12.1 Å². The van der Waals surface area contributed by atoms with Crippen LogP contribution in [0.15, 0.2) is 29.2 Å². The molecule has 0 radical (unpaired) electrons. The van der Waals surface area contributed by atoms with Gasteiger partial charge in [-0.2, -0.15) is 0 Å². The van der Waals surface area contributed by atoms with Gasteiger partial charge in [0.2, 0.25) is 5.91 Å². The minimum atomic E-state index is -3.36. The molecule has 0 aliphatic heterocycles. The second-order valence-corrected chi connectivity index (χ2v) is 5.53. The van der Waals surface area contributed by atoms with E-state index in [-0.39, 0.29) is 10.6 Å². The summed E-state index contributed by atoms with van der Waals surface area (Å²) in [6.07, 6.45) is 1.09. The van der Waals surface area contributed by atoms with Crippen molar-refractivity contribution in [1.82, 2.24) is 0 Å². The number of anilines is 1. The van der Waals surface area contributed by atoms with Gasteiger partial charge in [0.15, 0.2) is 9.84 Å². The van der Waals surface area contributed by atoms with Gasteiger partial charge < -0.3 is 11.1 Å². The number of benzene rings is 1. The number of para-hydroxylation sites is 1. The van der Waals surface area contributed by atoms with Crippen LogP contribution < -0.4 is 11.1 Å². The first-order chi connectivity index (χ1) is 7.32. The largest absolute Gasteiger partial charge is 0.324 e. The fraction of sp³-hybridized carbons (Fsp3) is 0.300. The van der Waals surface area contributed by atoms with Gasteiger partial charge in [-0.05, 0) is 19.1 Å². The number of hydrogen-bond acceptors (Lipinski definition) is 4. The van der Waals surface area contributed by atoms with Crippen LogP contribution in [0, 0.1) is 0 Å². The summed E-state index contributed by atoms with van der Waals surface area (Å²) < 4.78 is 22.8. The Hall–Kier alpha value is -1.40. The first-order valence-corrected chi connectivity index (χ1v) is 6.57. The molecule has 0 fully saturated rings. The van der Waals surface area contributed by atoms with E-state index < -0.39 is 21.8 Å². The first-order valence-electron chi connectivity index (χ1n) is 4.68. The fourth-order valence-electron chi connectivity index (χ4n) is 1.14. The van der Waals surface area contributed by atoms with Crippen LogP contribution in [-0.2, 0) is 14.6 Å². The van der Waals surface area contributed by atoms with Crippen LogP contribution in [0.25, 0.3) is 0 Å². The van der Waals surface area contributed by atoms with E-state index in [1.807, 2.05) is 0 Å². The summed E-state index contributed by atoms with van der Waals surface area (Å²) in [6.45, 7) is 1.53. The van der Waals surface area contributed by atoms with Gasteiger partial charge in [0.25, 0.3) is 0 Å². The number of carbonyl (C=O) groups is 1. The first kappa shape index (κ1) is 12.7. The molecule has 0 bridgehead atoms. The van der Waals surface area contributed by atoms with Gasteiger partial charge in [0.1, 0.15) is 0 Å². The number of rotatable bonds is 3. The van der Waals surface area contributed by atoms with Crippen molar-refractivity contribution in [3.05, 3.63) is 24.3 Å². The highest BCUT2D eigenvalue weighted by atomic mass is 32.2. The molecule has 5 nitrogen and oxygen atoms in total. The Morgan fingerprint density at radius 3 is 2.44 bits per heavy atom. The molecule has 1 aromatic rings. The number of amides is 1. The summed E-state index contributed by atoms with van der Waals surface area (Å²) in [5.41, 5.74) is 5.64. The molecule has 0 heterocycles. The van der Waals surface area contributed by atoms with E-state index in [9.17, 15) is 13.2 Å². The highest BCUT2D eigenvalue weighted by Crippen LogP contribution is 2.20. The second kappa shape index (κ2) is 4.63. The molecule has 1 unspecified atom stereocenters. The van der Waals surface area contributed by atoms with Gasteiger partial charge in [-0.25, -0.2) is 8.42 Å². The third-order valence-corrected chi connectivity index (χ3v) is 3.11. The zero-order valence-corrected chi connectivity index (χ0v) is 9.91. The highest BCUT2D eigenvalue weighted by Gasteiger charge is 2.15. The van der Waals surface area contributed by atoms with E-state index in [2.05, 4.69) is 5.32 Å². The molecule has 1 amide bonds. The molecular formula is C10H14N2O3S. The molecular weight excluding hydrogens is 228 g/mol. The Labute approximate surface area is 94.6 Å². The maximum Gasteiger partial charge on any atom is 0.241 e. The van der Waals surface area contributed by atoms with Crippen molar-refractivity contribution in [2.24, 2.45) is 5.73 Å². The smallest absolute Gasteiger partial charge is 0.241 e. The lowest BCUT2D eigenvalue weighted by Crippen LogP contribution is -2.32. The van der Waals surface area contributed by atoms with Crippen LogP contribution in [0.4, 0.5) is 5.69 Å². The van der Waals surface area contributed by atoms with Gasteiger partial charge in [-0.1, -0.05) is 12.1 Å². The lowest BCUT2D eigenvalue weighted by Gasteiger charge is -2.11. The average Bonchev–Trinajstić information content (AvgIpc) is 2.16. The van der Waals surface area contributed by atoms with Gasteiger partial charge in [0, 0.05) is 6.26 Å². The topological polar surface area (TPSA) is 89.3 Å². The predicted octanol–water partition coefficient (Wildman–Crippen LogP) is 0.376. The summed E-state index contributed by atoms with van der Waals surface area (Å²) in [4.78, 5) is 11.4. The van der Waals surface area contributed by atoms with Crippen LogP contribution in [0.5, 0.6) is 0 Å². The number of sulfone groups is 1. The predicted molar refractivity (Wildman–Crippen MR) is 61.8 cm³/mol. The van der Waals surface area contributed by atoms with Crippen LogP contribution in [0.1, 0.15) is 6.92 Å². The summed E-state index contributed by atoms with van der Waals surface area (Å²) in [5.74, 6) is -0.420. The summed E-state index contributed by atoms with van der Waals surface area (Å²) in [5, 5.41) is 2.47. The fourth-order valence-corrected chi connectivity index (χ4v) is 1.98. The molecule has 1 rings (SSSR count). The van der Waals surface area contributed by atoms with E-state index in [0.29, 0.717) is 0 Å². The normalized spacial score (nSPS) is 13.2. The van der Waals surface area contributed by atoms with Crippen LogP contribution in [0.2, 0.25) is 0 Å². The third-order valence-electron chi connectivity index (χ3n) is 1.96. The second-order valence-electron chi connectivity index (χ2n) is 3.55. The molecule has 0 aromatic heterocycles. The maximum atomic E-state index is 11.4. The van der Waals surface area contributed by atoms with Gasteiger partial charge in [-0.3, -0.25) is 4.79 Å². The van der Waals surface area contributed by atoms with Crippen molar-refractivity contribution in [3.63, 3.8) is 0 Å². The van der Waals surface area contributed by atoms with Crippen LogP contribution in [0.3, 0.4) is 0 Å². The molecule has 1 aromatic carbocycles. The third kappa shape index (κ3) is 3.04. The SMILES string of the molecule is CC(N)C(=O)Nc1ccccc1S(C)(=O)=O. The van der Waals surface area contributed by atoms with Crippen LogP contribution in [-0.4, -0.2) is 26.6 Å². The van der Waals surface area contributed by atoms with Crippen molar-refractivity contribution in [3.8, 4) is 0 Å². The minimum Gasteiger partial charge on any atom is -0.324 e. The monoisotopic (exact) mass is 242 g/mol. The van der Waals surface area contributed by atoms with Crippen molar-refractivity contribution >= 4 is 21.4 Å². The molecule has 1 atom stereocenters. The molecule has 0 saturated heterocycles. The molecule has 0 aliphatic carbocycles. The highest BCUT2D eigenvalue weighted by molar-refractivity contribution is 7.90. The molecule has 3 N–H and O–H groups in total. The van der Waals surface area contributed by atoms with Gasteiger partial charge in [0.05, 0.1) is 16.6 Å². The molecule has 0 saturated carbocycles. The lowest BCUT2D eigenvalue weighted by atomic mass is 10.3. The van der Waals surface area contributed by atoms with Crippen molar-refractivity contribution < 1.29 is 13.2 Å². The van der Waals surface area contributed by atoms with E-state index >= 15 is 0 Å². The minimum absolute atomic E-state index is 0.0870. The Morgan fingerprint density at radius 2 is 1.94 bits per heavy atom. The molecule has 16 heavy (non-hydrogen) atoms. The van der Waals surface area contributed by atoms with E-state index in [0.717, 1.165) is 6.26 Å². The summed E-state index contributed by atoms with van der Waals surface area (Å²) in [6, 6.07) is 5.51. The molecule has 6 heteroatoms. The van der Waals surface area contributed by atoms with Crippen molar-refractivity contribution in [2.75, 3.05) is 11.6 Å².